The number of anilines is 1. The number of aliphatic carboxylic acids is 1. The minimum absolute atomic E-state index is 0. The van der Waals surface area contributed by atoms with Crippen LogP contribution in [0.4, 0.5) is 14.5 Å². The molecule has 1 saturated carbocycles. The van der Waals surface area contributed by atoms with Gasteiger partial charge in [-0.2, -0.15) is 0 Å². The number of methoxy groups -OCH3 is 1. The van der Waals surface area contributed by atoms with E-state index in [1.807, 2.05) is 0 Å². The van der Waals surface area contributed by atoms with Crippen molar-refractivity contribution in [2.45, 2.75) is 50.6 Å². The molecule has 13 nitrogen and oxygen atoms in total. The number of nitrogens with one attached hydrogen (secondary N) is 2. The van der Waals surface area contributed by atoms with Crippen LogP contribution in [0.2, 0.25) is 0 Å². The molecule has 0 spiro atoms. The molecular weight excluding hydrogens is 608 g/mol. The number of hydrogen-bond donors (Lipinski definition) is 5. The first kappa shape index (κ1) is 34.3. The first-order chi connectivity index (χ1) is 20.4. The Morgan fingerprint density at radius 2 is 1.89 bits per heavy atom. The second-order valence-electron chi connectivity index (χ2n) is 10.5. The largest absolute Gasteiger partial charge is 0.492 e. The summed E-state index contributed by atoms with van der Waals surface area (Å²) >= 11 is 0. The Labute approximate surface area is 256 Å². The Kier molecular flexibility index (Phi) is 11.3. The molecule has 0 bridgehead atoms. The maximum atomic E-state index is 15.6. The molecule has 2 aliphatic rings. The molecule has 0 unspecified atom stereocenters. The number of benzene rings is 1. The summed E-state index contributed by atoms with van der Waals surface area (Å²) in [6.07, 6.45) is 3.14. The minimum Gasteiger partial charge on any atom is -0.492 e. The molecule has 1 saturated heterocycles. The van der Waals surface area contributed by atoms with Gasteiger partial charge in [0.1, 0.15) is 17.1 Å². The van der Waals surface area contributed by atoms with Crippen molar-refractivity contribution in [3.05, 3.63) is 45.3 Å². The van der Waals surface area contributed by atoms with Gasteiger partial charge in [0.05, 0.1) is 37.1 Å². The molecule has 1 aliphatic heterocycles. The van der Waals surface area contributed by atoms with Crippen LogP contribution in [-0.4, -0.2) is 77.9 Å². The van der Waals surface area contributed by atoms with Crippen LogP contribution in [0.15, 0.2) is 28.5 Å². The zero-order valence-corrected chi connectivity index (χ0v) is 24.7. The lowest BCUT2D eigenvalue weighted by molar-refractivity contribution is -0.137. The maximum Gasteiger partial charge on any atom is 0.341 e. The van der Waals surface area contributed by atoms with Gasteiger partial charge in [0, 0.05) is 31.7 Å². The maximum absolute atomic E-state index is 15.6. The predicted octanol–water partition coefficient (Wildman–Crippen LogP) is 1.85. The Morgan fingerprint density at radius 1 is 1.18 bits per heavy atom. The summed E-state index contributed by atoms with van der Waals surface area (Å²) in [6, 6.07) is -0.185. The average molecular weight is 642 g/mol. The number of fused-ring (bicyclic) bond motifs is 1. The first-order valence-electron chi connectivity index (χ1n) is 13.7. The molecule has 1 aromatic heterocycles. The van der Waals surface area contributed by atoms with Gasteiger partial charge >= 0.3 is 11.9 Å². The molecule has 2 aromatic rings. The third kappa shape index (κ3) is 7.63. The Bertz CT molecular complexity index is 1560. The average Bonchev–Trinajstić information content (AvgIpc) is 3.82. The Morgan fingerprint density at radius 3 is 2.50 bits per heavy atom. The molecule has 6 N–H and O–H groups in total. The van der Waals surface area contributed by atoms with Crippen molar-refractivity contribution in [3.63, 3.8) is 0 Å². The third-order valence-corrected chi connectivity index (χ3v) is 7.43. The number of piperidine rings is 1. The summed E-state index contributed by atoms with van der Waals surface area (Å²) in [5, 5.41) is 22.7. The molecule has 16 heteroatoms. The van der Waals surface area contributed by atoms with Gasteiger partial charge < -0.3 is 40.8 Å². The van der Waals surface area contributed by atoms with E-state index in [2.05, 4.69) is 10.6 Å². The second-order valence-corrected chi connectivity index (χ2v) is 10.5. The fraction of sp³-hybridized carbons (Fsp3) is 0.464. The predicted molar refractivity (Wildman–Crippen MR) is 158 cm³/mol. The number of aromatic carboxylic acids is 1. The van der Waals surface area contributed by atoms with Crippen LogP contribution in [0.1, 0.15) is 54.9 Å². The highest BCUT2D eigenvalue weighted by molar-refractivity contribution is 5.97. The number of amides is 2. The van der Waals surface area contributed by atoms with E-state index in [1.165, 1.54) is 13.3 Å². The van der Waals surface area contributed by atoms with E-state index in [9.17, 15) is 29.1 Å². The number of carbonyl (C=O) groups is 4. The highest BCUT2D eigenvalue weighted by Crippen LogP contribution is 2.44. The standard InChI is InChI=1S/C28H33F2N5O8.ClH/c1-43-26-23-16(25(39)17(28(41)42)13-35(23)15-4-5-15)9-18(29)24(26)34-8-2-3-14(12-34)19(30)10-32-21(36)11-33-27(40)20(31)6-7-22(37)38;/h9,13,15,20H,2-8,10-12,31H2,1H3,(H,32,36)(H,33,40)(H,37,38)(H,41,42);1H/t20-;/m0./s1. The van der Waals surface area contributed by atoms with Gasteiger partial charge in [-0.15, -0.1) is 12.4 Å². The zero-order valence-electron chi connectivity index (χ0n) is 23.9. The number of carbonyl (C=O) groups excluding carboxylic acids is 2. The van der Waals surface area contributed by atoms with Crippen molar-refractivity contribution >= 4 is 52.8 Å². The van der Waals surface area contributed by atoms with Crippen LogP contribution in [0.5, 0.6) is 5.75 Å². The van der Waals surface area contributed by atoms with E-state index >= 15 is 8.78 Å². The van der Waals surface area contributed by atoms with Crippen LogP contribution < -0.4 is 31.4 Å². The van der Waals surface area contributed by atoms with Crippen molar-refractivity contribution in [2.24, 2.45) is 5.73 Å². The minimum atomic E-state index is -1.42. The third-order valence-electron chi connectivity index (χ3n) is 7.43. The summed E-state index contributed by atoms with van der Waals surface area (Å²) in [5.41, 5.74) is 4.89. The van der Waals surface area contributed by atoms with Crippen LogP contribution in [0.3, 0.4) is 0 Å². The van der Waals surface area contributed by atoms with E-state index in [-0.39, 0.29) is 60.2 Å². The SMILES string of the molecule is COc1c(N2CCCC(=C(F)CNC(=O)CNC(=O)[C@@H](N)CCC(=O)O)C2)c(F)cc2c(=O)c(C(=O)O)cn(C3CC3)c12.Cl. The zero-order chi connectivity index (χ0) is 31.4. The molecule has 1 aromatic carbocycles. The van der Waals surface area contributed by atoms with E-state index in [1.54, 1.807) is 9.47 Å². The number of rotatable bonds is 12. The highest BCUT2D eigenvalue weighted by Gasteiger charge is 2.32. The van der Waals surface area contributed by atoms with Crippen molar-refractivity contribution in [1.82, 2.24) is 15.2 Å². The quantitative estimate of drug-likeness (QED) is 0.228. The monoisotopic (exact) mass is 641 g/mol. The fourth-order valence-electron chi connectivity index (χ4n) is 5.08. The molecule has 0 radical (unpaired) electrons. The summed E-state index contributed by atoms with van der Waals surface area (Å²) in [6.45, 7) is -0.646. The molecule has 4 rings (SSSR count). The highest BCUT2D eigenvalue weighted by atomic mass is 35.5. The van der Waals surface area contributed by atoms with E-state index < -0.39 is 65.5 Å². The van der Waals surface area contributed by atoms with Crippen LogP contribution in [-0.2, 0) is 14.4 Å². The number of pyridine rings is 1. The van der Waals surface area contributed by atoms with Gasteiger partial charge in [-0.25, -0.2) is 13.6 Å². The number of carboxylic acid groups (broad SMARTS) is 2. The smallest absolute Gasteiger partial charge is 0.341 e. The van der Waals surface area contributed by atoms with E-state index in [0.29, 0.717) is 25.0 Å². The lowest BCUT2D eigenvalue weighted by atomic mass is 10.0. The Hall–Kier alpha value is -4.24. The number of hydrogen-bond acceptors (Lipinski definition) is 8. The molecule has 44 heavy (non-hydrogen) atoms. The number of ether oxygens (including phenoxy) is 1. The molecule has 2 amide bonds. The molecular formula is C28H34ClF2N5O8. The van der Waals surface area contributed by atoms with Gasteiger partial charge in [0.25, 0.3) is 0 Å². The second kappa shape index (κ2) is 14.5. The topological polar surface area (TPSA) is 193 Å². The normalized spacial score (nSPS) is 16.5. The van der Waals surface area contributed by atoms with Gasteiger partial charge in [-0.1, -0.05) is 0 Å². The summed E-state index contributed by atoms with van der Waals surface area (Å²) in [7, 11) is 1.32. The summed E-state index contributed by atoms with van der Waals surface area (Å²) < 4.78 is 38.0. The van der Waals surface area contributed by atoms with Crippen molar-refractivity contribution < 1.29 is 42.9 Å². The van der Waals surface area contributed by atoms with Gasteiger partial charge in [-0.05, 0) is 43.7 Å². The van der Waals surface area contributed by atoms with Crippen molar-refractivity contribution in [2.75, 3.05) is 38.2 Å². The van der Waals surface area contributed by atoms with Crippen LogP contribution >= 0.6 is 12.4 Å². The fourth-order valence-corrected chi connectivity index (χ4v) is 5.08. The molecule has 1 atom stereocenters. The summed E-state index contributed by atoms with van der Waals surface area (Å²) in [4.78, 5) is 60.9. The van der Waals surface area contributed by atoms with Gasteiger partial charge in [-0.3, -0.25) is 19.2 Å². The van der Waals surface area contributed by atoms with E-state index in [0.717, 1.165) is 18.9 Å². The lowest BCUT2D eigenvalue weighted by Crippen LogP contribution is -2.45. The number of halogens is 3. The molecule has 1 aliphatic carbocycles. The molecule has 240 valence electrons. The molecule has 2 fully saturated rings. The number of nitrogens with two attached hydrogens (primary N) is 1. The molecule has 2 heterocycles. The number of carboxylic acids is 2. The first-order valence-corrected chi connectivity index (χ1v) is 13.7. The van der Waals surface area contributed by atoms with Crippen LogP contribution in [0, 0.1) is 5.82 Å². The number of aromatic nitrogens is 1. The van der Waals surface area contributed by atoms with Crippen molar-refractivity contribution in [1.29, 1.82) is 0 Å². The van der Waals surface area contributed by atoms with Gasteiger partial charge in [0.2, 0.25) is 17.2 Å². The van der Waals surface area contributed by atoms with Gasteiger partial charge in [0.15, 0.2) is 11.6 Å². The van der Waals surface area contributed by atoms with Crippen molar-refractivity contribution in [3.8, 4) is 5.75 Å². The van der Waals surface area contributed by atoms with Crippen LogP contribution in [0.25, 0.3) is 10.9 Å². The lowest BCUT2D eigenvalue weighted by Gasteiger charge is -2.33. The number of nitrogens with zero attached hydrogens (tertiary/aromatic N) is 2. The Balaban J connectivity index is 0.00000529. The van der Waals surface area contributed by atoms with E-state index in [4.69, 9.17) is 15.6 Å². The summed E-state index contributed by atoms with van der Waals surface area (Å²) in [5.74, 6) is -5.34.